The molecular weight excluding hydrogens is 538 g/mol. The van der Waals surface area contributed by atoms with Crippen molar-refractivity contribution >= 4 is 34.2 Å². The molecule has 5 rings (SSSR count). The maximum Gasteiger partial charge on any atom is 0.290 e. The van der Waals surface area contributed by atoms with Gasteiger partial charge < -0.3 is 19.6 Å². The van der Waals surface area contributed by atoms with Crippen molar-refractivity contribution in [3.8, 4) is 16.6 Å². The molecule has 4 heterocycles. The van der Waals surface area contributed by atoms with Crippen molar-refractivity contribution in [1.29, 1.82) is 5.26 Å². The van der Waals surface area contributed by atoms with Crippen LogP contribution in [0.2, 0.25) is 0 Å². The van der Waals surface area contributed by atoms with Crippen molar-refractivity contribution in [3.63, 3.8) is 0 Å². The quantitative estimate of drug-likeness (QED) is 0.263. The zero-order chi connectivity index (χ0) is 29.1. The van der Waals surface area contributed by atoms with Crippen LogP contribution in [-0.4, -0.2) is 53.9 Å². The minimum absolute atomic E-state index is 0.122. The first-order valence-electron chi connectivity index (χ1n) is 13.4. The number of likely N-dealkylation sites (tertiary alicyclic amines) is 1. The second kappa shape index (κ2) is 11.6. The fourth-order valence-corrected chi connectivity index (χ4v) is 5.87. The predicted octanol–water partition coefficient (Wildman–Crippen LogP) is 4.21. The van der Waals surface area contributed by atoms with Crippen molar-refractivity contribution in [2.24, 2.45) is 10.4 Å². The SMILES string of the molecule is CC(C)(C)/C=C(\C#N)C(=O)N1CCC[C@@H]1Cn1/c(=N/C(=O)c2ccc(-c3ccncn3)s2)[nH]c2cc(CO)ccc21. The van der Waals surface area contributed by atoms with Gasteiger partial charge in [-0.2, -0.15) is 10.3 Å². The average Bonchev–Trinajstić information content (AvgIpc) is 3.71. The Kier molecular flexibility index (Phi) is 7.97. The number of benzene rings is 1. The van der Waals surface area contributed by atoms with E-state index in [4.69, 9.17) is 0 Å². The molecule has 0 unspecified atom stereocenters. The number of nitrogens with zero attached hydrogens (tertiary/aromatic N) is 6. The van der Waals surface area contributed by atoms with E-state index >= 15 is 0 Å². The third-order valence-electron chi connectivity index (χ3n) is 6.85. The smallest absolute Gasteiger partial charge is 0.290 e. The predicted molar refractivity (Wildman–Crippen MR) is 155 cm³/mol. The van der Waals surface area contributed by atoms with Crippen LogP contribution in [0.3, 0.4) is 0 Å². The van der Waals surface area contributed by atoms with Gasteiger partial charge in [0.1, 0.15) is 18.0 Å². The van der Waals surface area contributed by atoms with Crippen LogP contribution in [0.15, 0.2) is 65.6 Å². The number of nitrogens with one attached hydrogen (secondary N) is 1. The lowest BCUT2D eigenvalue weighted by molar-refractivity contribution is -0.127. The van der Waals surface area contributed by atoms with Gasteiger partial charge in [0, 0.05) is 19.3 Å². The molecule has 1 aromatic carbocycles. The molecule has 10 nitrogen and oxygen atoms in total. The topological polar surface area (TPSA) is 140 Å². The minimum atomic E-state index is -0.405. The molecule has 41 heavy (non-hydrogen) atoms. The third kappa shape index (κ3) is 6.19. The van der Waals surface area contributed by atoms with Crippen LogP contribution in [-0.2, 0) is 17.9 Å². The van der Waals surface area contributed by atoms with Gasteiger partial charge in [0.25, 0.3) is 11.8 Å². The second-order valence-electron chi connectivity index (χ2n) is 11.1. The molecule has 1 fully saturated rings. The van der Waals surface area contributed by atoms with Crippen LogP contribution in [0, 0.1) is 16.7 Å². The summed E-state index contributed by atoms with van der Waals surface area (Å²) in [5.74, 6) is -0.685. The van der Waals surface area contributed by atoms with Gasteiger partial charge in [0.05, 0.1) is 39.1 Å². The number of imidazole rings is 1. The molecule has 3 aromatic heterocycles. The number of carbonyl (C=O) groups excluding carboxylic acids is 2. The standard InChI is InChI=1S/C30H31N7O3S/c1-30(2,3)14-20(15-31)28(40)36-12-4-5-21(36)16-37-24-7-6-19(17-38)13-23(24)34-29(37)35-27(39)26-9-8-25(41-26)22-10-11-32-18-33-22/h6-11,13-14,18,21,38H,4-5,12,16-17H2,1-3H3,(H,34,35,39)/b20-14+/t21-/m1/s1. The lowest BCUT2D eigenvalue weighted by Crippen LogP contribution is -2.40. The number of aromatic amines is 1. The second-order valence-corrected chi connectivity index (χ2v) is 12.2. The number of rotatable bonds is 6. The normalized spacial score (nSPS) is 16.4. The zero-order valence-corrected chi connectivity index (χ0v) is 24.0. The number of thiophene rings is 1. The monoisotopic (exact) mass is 569 g/mol. The first-order chi connectivity index (χ1) is 19.7. The summed E-state index contributed by atoms with van der Waals surface area (Å²) in [6.45, 7) is 6.68. The van der Waals surface area contributed by atoms with Crippen LogP contribution in [0.1, 0.15) is 48.8 Å². The lowest BCUT2D eigenvalue weighted by atomic mass is 9.93. The molecule has 0 bridgehead atoms. The molecule has 0 saturated carbocycles. The summed E-state index contributed by atoms with van der Waals surface area (Å²) in [5.41, 5.74) is 3.14. The highest BCUT2D eigenvalue weighted by molar-refractivity contribution is 7.17. The van der Waals surface area contributed by atoms with Gasteiger partial charge in [-0.3, -0.25) is 9.59 Å². The summed E-state index contributed by atoms with van der Waals surface area (Å²) < 4.78 is 1.91. The summed E-state index contributed by atoms with van der Waals surface area (Å²) in [5, 5.41) is 19.4. The van der Waals surface area contributed by atoms with Crippen LogP contribution in [0.25, 0.3) is 21.6 Å². The van der Waals surface area contributed by atoms with Crippen molar-refractivity contribution < 1.29 is 14.7 Å². The molecule has 2 N–H and O–H groups in total. The number of H-pyrrole nitrogens is 1. The van der Waals surface area contributed by atoms with E-state index in [1.54, 1.807) is 29.3 Å². The van der Waals surface area contributed by atoms with E-state index < -0.39 is 5.91 Å². The summed E-state index contributed by atoms with van der Waals surface area (Å²) in [6, 6.07) is 12.8. The van der Waals surface area contributed by atoms with Gasteiger partial charge in [-0.15, -0.1) is 11.3 Å². The molecule has 1 aliphatic rings. The number of aromatic nitrogens is 4. The molecule has 2 amide bonds. The number of fused-ring (bicyclic) bond motifs is 1. The van der Waals surface area contributed by atoms with Crippen molar-refractivity contribution in [1.82, 2.24) is 24.4 Å². The maximum absolute atomic E-state index is 13.4. The van der Waals surface area contributed by atoms with Crippen molar-refractivity contribution in [2.45, 2.75) is 52.8 Å². The molecule has 0 radical (unpaired) electrons. The Bertz CT molecular complexity index is 1740. The Hall–Kier alpha value is -4.40. The minimum Gasteiger partial charge on any atom is -0.392 e. The molecule has 0 aliphatic carbocycles. The highest BCUT2D eigenvalue weighted by atomic mass is 32.1. The van der Waals surface area contributed by atoms with Gasteiger partial charge in [-0.25, -0.2) is 9.97 Å². The van der Waals surface area contributed by atoms with E-state index in [0.717, 1.165) is 40.0 Å². The first-order valence-corrected chi connectivity index (χ1v) is 14.2. The van der Waals surface area contributed by atoms with Crippen molar-refractivity contribution in [3.05, 3.63) is 76.6 Å². The molecule has 1 aliphatic heterocycles. The third-order valence-corrected chi connectivity index (χ3v) is 7.95. The number of hydrogen-bond acceptors (Lipinski definition) is 7. The average molecular weight is 570 g/mol. The number of allylic oxidation sites excluding steroid dienone is 1. The fraction of sp³-hybridized carbons (Fsp3) is 0.333. The van der Waals surface area contributed by atoms with E-state index in [0.29, 0.717) is 23.6 Å². The lowest BCUT2D eigenvalue weighted by Gasteiger charge is -2.26. The summed E-state index contributed by atoms with van der Waals surface area (Å²) in [4.78, 5) is 45.7. The molecule has 210 valence electrons. The van der Waals surface area contributed by atoms with Gasteiger partial charge in [-0.1, -0.05) is 32.9 Å². The van der Waals surface area contributed by atoms with Crippen LogP contribution >= 0.6 is 11.3 Å². The highest BCUT2D eigenvalue weighted by Crippen LogP contribution is 2.27. The van der Waals surface area contributed by atoms with Crippen LogP contribution < -0.4 is 5.62 Å². The Balaban J connectivity index is 1.51. The largest absolute Gasteiger partial charge is 0.392 e. The van der Waals surface area contributed by atoms with Crippen LogP contribution in [0.4, 0.5) is 0 Å². The Morgan fingerprint density at radius 1 is 1.27 bits per heavy atom. The van der Waals surface area contributed by atoms with Gasteiger partial charge in [0.2, 0.25) is 5.62 Å². The number of carbonyl (C=O) groups is 2. The van der Waals surface area contributed by atoms with Gasteiger partial charge in [-0.05, 0) is 54.2 Å². The van der Waals surface area contributed by atoms with Crippen molar-refractivity contribution in [2.75, 3.05) is 6.54 Å². The molecule has 11 heteroatoms. The van der Waals surface area contributed by atoms with Gasteiger partial charge >= 0.3 is 0 Å². The number of aliphatic hydroxyl groups is 1. The Morgan fingerprint density at radius 3 is 2.80 bits per heavy atom. The van der Waals surface area contributed by atoms with E-state index in [9.17, 15) is 20.0 Å². The highest BCUT2D eigenvalue weighted by Gasteiger charge is 2.32. The fourth-order valence-electron chi connectivity index (χ4n) is 5.00. The number of nitriles is 1. The zero-order valence-electron chi connectivity index (χ0n) is 23.2. The van der Waals surface area contributed by atoms with E-state index in [-0.39, 0.29) is 29.5 Å². The summed E-state index contributed by atoms with van der Waals surface area (Å²) in [6.07, 6.45) is 6.40. The summed E-state index contributed by atoms with van der Waals surface area (Å²) >= 11 is 1.30. The number of hydrogen-bond donors (Lipinski definition) is 2. The first kappa shape index (κ1) is 28.1. The molecule has 1 saturated heterocycles. The molecule has 4 aromatic rings. The Morgan fingerprint density at radius 2 is 2.10 bits per heavy atom. The number of amides is 2. The van der Waals surface area contributed by atoms with E-state index in [1.807, 2.05) is 49.6 Å². The van der Waals surface area contributed by atoms with Gasteiger partial charge in [0.15, 0.2) is 0 Å². The molecule has 0 spiro atoms. The number of aliphatic hydroxyl groups excluding tert-OH is 1. The van der Waals surface area contributed by atoms with E-state index in [2.05, 4.69) is 26.0 Å². The van der Waals surface area contributed by atoms with Crippen LogP contribution in [0.5, 0.6) is 0 Å². The molecular formula is C30H31N7O3S. The molecule has 1 atom stereocenters. The van der Waals surface area contributed by atoms with E-state index in [1.165, 1.54) is 17.7 Å². The maximum atomic E-state index is 13.4. The summed E-state index contributed by atoms with van der Waals surface area (Å²) in [7, 11) is 0. The Labute approximate surface area is 241 Å².